The molecule has 1 aromatic carbocycles. The Balaban J connectivity index is 1.96. The summed E-state index contributed by atoms with van der Waals surface area (Å²) in [6, 6.07) is 6.25. The first-order valence-electron chi connectivity index (χ1n) is 7.35. The standard InChI is InChI=1S/C16H20BrN3O/c1-3-7-20-15(13(17)10-18-20)16(21)12-4-5-14-11(9-12)6-8-19(14)2/h4-5,9-10,16,21H,3,6-8H2,1-2H3. The summed E-state index contributed by atoms with van der Waals surface area (Å²) in [5, 5.41) is 15.1. The average Bonchev–Trinajstić information content (AvgIpc) is 3.02. The molecule has 2 aromatic rings. The van der Waals surface area contributed by atoms with Crippen LogP contribution in [0.3, 0.4) is 0 Å². The van der Waals surface area contributed by atoms with E-state index in [0.29, 0.717) is 0 Å². The second-order valence-corrected chi connectivity index (χ2v) is 6.42. The number of benzene rings is 1. The lowest BCUT2D eigenvalue weighted by Gasteiger charge is -2.16. The first kappa shape index (κ1) is 14.6. The van der Waals surface area contributed by atoms with E-state index in [-0.39, 0.29) is 0 Å². The van der Waals surface area contributed by atoms with Crippen molar-refractivity contribution in [3.63, 3.8) is 0 Å². The normalized spacial score (nSPS) is 15.3. The third kappa shape index (κ3) is 2.60. The lowest BCUT2D eigenvalue weighted by atomic mass is 10.0. The highest BCUT2D eigenvalue weighted by atomic mass is 79.9. The Labute approximate surface area is 133 Å². The Morgan fingerprint density at radius 3 is 3.00 bits per heavy atom. The molecule has 1 atom stereocenters. The van der Waals surface area contributed by atoms with Crippen molar-refractivity contribution in [2.24, 2.45) is 0 Å². The lowest BCUT2D eigenvalue weighted by Crippen LogP contribution is -2.12. The number of aryl methyl sites for hydroxylation is 1. The zero-order chi connectivity index (χ0) is 15.0. The molecule has 0 bridgehead atoms. The predicted molar refractivity (Wildman–Crippen MR) is 87.7 cm³/mol. The van der Waals surface area contributed by atoms with Crippen molar-refractivity contribution < 1.29 is 5.11 Å². The van der Waals surface area contributed by atoms with E-state index in [4.69, 9.17) is 0 Å². The Kier molecular flexibility index (Phi) is 4.04. The average molecular weight is 350 g/mol. The van der Waals surface area contributed by atoms with Crippen LogP contribution in [0.15, 0.2) is 28.9 Å². The molecule has 0 spiro atoms. The fraction of sp³-hybridized carbons (Fsp3) is 0.438. The van der Waals surface area contributed by atoms with Crippen LogP contribution in [0.5, 0.6) is 0 Å². The molecule has 3 rings (SSSR count). The second-order valence-electron chi connectivity index (χ2n) is 5.56. The van der Waals surface area contributed by atoms with E-state index < -0.39 is 6.10 Å². The fourth-order valence-corrected chi connectivity index (χ4v) is 3.46. The molecule has 1 aliphatic heterocycles. The molecular weight excluding hydrogens is 330 g/mol. The molecule has 1 unspecified atom stereocenters. The second kappa shape index (κ2) is 5.81. The number of aliphatic hydroxyl groups is 1. The van der Waals surface area contributed by atoms with Crippen molar-refractivity contribution in [1.29, 1.82) is 0 Å². The molecule has 0 fully saturated rings. The molecular formula is C16H20BrN3O. The van der Waals surface area contributed by atoms with Gasteiger partial charge < -0.3 is 10.0 Å². The maximum atomic E-state index is 10.8. The van der Waals surface area contributed by atoms with Crippen LogP contribution >= 0.6 is 15.9 Å². The van der Waals surface area contributed by atoms with Crippen LogP contribution in [0.2, 0.25) is 0 Å². The lowest BCUT2D eigenvalue weighted by molar-refractivity contribution is 0.206. The van der Waals surface area contributed by atoms with Crippen LogP contribution in [0, 0.1) is 0 Å². The minimum Gasteiger partial charge on any atom is -0.382 e. The van der Waals surface area contributed by atoms with Crippen LogP contribution in [0.4, 0.5) is 5.69 Å². The van der Waals surface area contributed by atoms with Crippen molar-refractivity contribution in [3.05, 3.63) is 45.7 Å². The van der Waals surface area contributed by atoms with Crippen LogP contribution in [0.1, 0.15) is 36.3 Å². The predicted octanol–water partition coefficient (Wildman–Crippen LogP) is 3.13. The molecule has 1 aromatic heterocycles. The Bertz CT molecular complexity index is 653. The third-order valence-electron chi connectivity index (χ3n) is 4.07. The zero-order valence-electron chi connectivity index (χ0n) is 12.4. The quantitative estimate of drug-likeness (QED) is 0.921. The number of fused-ring (bicyclic) bond motifs is 1. The van der Waals surface area contributed by atoms with Gasteiger partial charge in [-0.05, 0) is 46.0 Å². The topological polar surface area (TPSA) is 41.3 Å². The van der Waals surface area contributed by atoms with Gasteiger partial charge in [0.15, 0.2) is 0 Å². The summed E-state index contributed by atoms with van der Waals surface area (Å²) in [4.78, 5) is 2.25. The molecule has 21 heavy (non-hydrogen) atoms. The Morgan fingerprint density at radius 2 is 2.24 bits per heavy atom. The van der Waals surface area contributed by atoms with Gasteiger partial charge in [-0.2, -0.15) is 5.10 Å². The van der Waals surface area contributed by atoms with Gasteiger partial charge in [-0.3, -0.25) is 4.68 Å². The maximum Gasteiger partial charge on any atom is 0.122 e. The highest BCUT2D eigenvalue weighted by Crippen LogP contribution is 2.33. The number of rotatable bonds is 4. The van der Waals surface area contributed by atoms with Crippen molar-refractivity contribution in [2.45, 2.75) is 32.4 Å². The van der Waals surface area contributed by atoms with Gasteiger partial charge in [-0.1, -0.05) is 19.1 Å². The molecule has 5 heteroatoms. The minimum atomic E-state index is -0.648. The van der Waals surface area contributed by atoms with E-state index >= 15 is 0 Å². The van der Waals surface area contributed by atoms with Crippen molar-refractivity contribution in [3.8, 4) is 0 Å². The van der Waals surface area contributed by atoms with Crippen LogP contribution in [-0.2, 0) is 13.0 Å². The number of hydrogen-bond donors (Lipinski definition) is 1. The van der Waals surface area contributed by atoms with E-state index in [2.05, 4.69) is 52.0 Å². The SMILES string of the molecule is CCCn1ncc(Br)c1C(O)c1ccc2c(c1)CCN2C. The largest absolute Gasteiger partial charge is 0.382 e. The monoisotopic (exact) mass is 349 g/mol. The smallest absolute Gasteiger partial charge is 0.122 e. The molecule has 0 saturated carbocycles. The van der Waals surface area contributed by atoms with E-state index in [0.717, 1.165) is 41.7 Å². The molecule has 0 amide bonds. The summed E-state index contributed by atoms with van der Waals surface area (Å²) in [7, 11) is 2.11. The van der Waals surface area contributed by atoms with Gasteiger partial charge in [0.1, 0.15) is 6.10 Å². The first-order chi connectivity index (χ1) is 10.1. The molecule has 2 heterocycles. The van der Waals surface area contributed by atoms with E-state index in [9.17, 15) is 5.11 Å². The number of halogens is 1. The van der Waals surface area contributed by atoms with Crippen LogP contribution in [-0.4, -0.2) is 28.5 Å². The van der Waals surface area contributed by atoms with Gasteiger partial charge in [-0.15, -0.1) is 0 Å². The Hall–Kier alpha value is -1.33. The molecule has 4 nitrogen and oxygen atoms in total. The number of anilines is 1. The molecule has 0 radical (unpaired) electrons. The van der Waals surface area contributed by atoms with Crippen molar-refractivity contribution in [1.82, 2.24) is 9.78 Å². The summed E-state index contributed by atoms with van der Waals surface area (Å²) in [5.41, 5.74) is 4.35. The fourth-order valence-electron chi connectivity index (χ4n) is 2.95. The first-order valence-corrected chi connectivity index (χ1v) is 8.14. The molecule has 0 saturated heterocycles. The van der Waals surface area contributed by atoms with Gasteiger partial charge in [0.2, 0.25) is 0 Å². The molecule has 1 aliphatic rings. The third-order valence-corrected chi connectivity index (χ3v) is 4.69. The van der Waals surface area contributed by atoms with E-state index in [1.165, 1.54) is 11.3 Å². The maximum absolute atomic E-state index is 10.8. The van der Waals surface area contributed by atoms with Gasteiger partial charge in [0.25, 0.3) is 0 Å². The number of likely N-dealkylation sites (N-methyl/N-ethyl adjacent to an activating group) is 1. The van der Waals surface area contributed by atoms with Gasteiger partial charge in [0, 0.05) is 25.8 Å². The van der Waals surface area contributed by atoms with Crippen LogP contribution in [0.25, 0.3) is 0 Å². The summed E-state index contributed by atoms with van der Waals surface area (Å²) < 4.78 is 2.75. The number of nitrogens with zero attached hydrogens (tertiary/aromatic N) is 3. The minimum absolute atomic E-state index is 0.648. The highest BCUT2D eigenvalue weighted by molar-refractivity contribution is 9.10. The zero-order valence-corrected chi connectivity index (χ0v) is 14.0. The van der Waals surface area contributed by atoms with Crippen molar-refractivity contribution in [2.75, 3.05) is 18.5 Å². The van der Waals surface area contributed by atoms with Crippen molar-refractivity contribution >= 4 is 21.6 Å². The highest BCUT2D eigenvalue weighted by Gasteiger charge is 2.22. The summed E-state index contributed by atoms with van der Waals surface area (Å²) in [6.07, 6.45) is 3.14. The van der Waals surface area contributed by atoms with Gasteiger partial charge in [-0.25, -0.2) is 0 Å². The van der Waals surface area contributed by atoms with E-state index in [1.54, 1.807) is 6.20 Å². The number of aromatic nitrogens is 2. The number of aliphatic hydroxyl groups excluding tert-OH is 1. The van der Waals surface area contributed by atoms with E-state index in [1.807, 2.05) is 10.7 Å². The van der Waals surface area contributed by atoms with Gasteiger partial charge >= 0.3 is 0 Å². The summed E-state index contributed by atoms with van der Waals surface area (Å²) in [6.45, 7) is 3.97. The molecule has 1 N–H and O–H groups in total. The van der Waals surface area contributed by atoms with Gasteiger partial charge in [0.05, 0.1) is 16.4 Å². The van der Waals surface area contributed by atoms with Crippen LogP contribution < -0.4 is 4.90 Å². The molecule has 112 valence electrons. The Morgan fingerprint density at radius 1 is 1.43 bits per heavy atom. The summed E-state index contributed by atoms with van der Waals surface area (Å²) in [5.74, 6) is 0. The number of hydrogen-bond acceptors (Lipinski definition) is 3. The molecule has 0 aliphatic carbocycles. The summed E-state index contributed by atoms with van der Waals surface area (Å²) >= 11 is 3.51.